The summed E-state index contributed by atoms with van der Waals surface area (Å²) in [5.41, 5.74) is 0.974. The number of nitriles is 2. The third kappa shape index (κ3) is 2.22. The number of nitrogens with one attached hydrogen (secondary N) is 1. The molecule has 1 aliphatic rings. The lowest BCUT2D eigenvalue weighted by atomic mass is 10.1. The fourth-order valence-corrected chi connectivity index (χ4v) is 2.08. The monoisotopic (exact) mass is 274 g/mol. The van der Waals surface area contributed by atoms with E-state index in [2.05, 4.69) is 5.32 Å². The van der Waals surface area contributed by atoms with E-state index in [-0.39, 0.29) is 23.7 Å². The number of benzene rings is 1. The van der Waals surface area contributed by atoms with Crippen LogP contribution in [-0.4, -0.2) is 24.8 Å². The number of hydrogen-bond donors (Lipinski definition) is 1. The molecule has 0 unspecified atom stereocenters. The van der Waals surface area contributed by atoms with Crippen molar-refractivity contribution in [2.45, 2.75) is 0 Å². The average Bonchev–Trinajstić information content (AvgIpc) is 2.64. The third-order valence-electron chi connectivity index (χ3n) is 2.65. The molecule has 1 aliphatic heterocycles. The van der Waals surface area contributed by atoms with Crippen molar-refractivity contribution in [3.8, 4) is 12.1 Å². The minimum Gasteiger partial charge on any atom is -0.344 e. The van der Waals surface area contributed by atoms with Crippen LogP contribution in [0.3, 0.4) is 0 Å². The van der Waals surface area contributed by atoms with Crippen LogP contribution in [0.25, 0.3) is 0 Å². The number of ketones is 1. The van der Waals surface area contributed by atoms with Gasteiger partial charge in [-0.3, -0.25) is 9.59 Å². The Labute approximate surface area is 113 Å². The van der Waals surface area contributed by atoms with E-state index in [1.807, 2.05) is 12.1 Å². The first-order valence-corrected chi connectivity index (χ1v) is 5.64. The first-order chi connectivity index (χ1) is 9.08. The van der Waals surface area contributed by atoms with E-state index in [1.54, 1.807) is 0 Å². The SMILES string of the molecule is N#CCN(CC#N)c1cc2c(cc1Cl)C(=O)C(=O)N2. The molecule has 0 bridgehead atoms. The molecule has 1 N–H and O–H groups in total. The Morgan fingerprint density at radius 2 is 1.84 bits per heavy atom. The lowest BCUT2D eigenvalue weighted by molar-refractivity contribution is -0.112. The number of carbonyl (C=O) groups excluding carboxylic acids is 2. The topological polar surface area (TPSA) is 97.0 Å². The Hall–Kier alpha value is -2.57. The van der Waals surface area contributed by atoms with Crippen LogP contribution in [0.1, 0.15) is 10.4 Å². The second-order valence-electron chi connectivity index (χ2n) is 3.80. The van der Waals surface area contributed by atoms with E-state index >= 15 is 0 Å². The van der Waals surface area contributed by atoms with Crippen molar-refractivity contribution in [2.75, 3.05) is 23.3 Å². The van der Waals surface area contributed by atoms with E-state index in [0.29, 0.717) is 11.4 Å². The predicted molar refractivity (Wildman–Crippen MR) is 67.9 cm³/mol. The Balaban J connectivity index is 2.47. The van der Waals surface area contributed by atoms with Crippen molar-refractivity contribution in [3.05, 3.63) is 22.7 Å². The molecule has 0 saturated carbocycles. The maximum atomic E-state index is 11.5. The van der Waals surface area contributed by atoms with Crippen LogP contribution in [0.15, 0.2) is 12.1 Å². The zero-order chi connectivity index (χ0) is 14.0. The van der Waals surface area contributed by atoms with E-state index in [1.165, 1.54) is 17.0 Å². The van der Waals surface area contributed by atoms with Gasteiger partial charge in [0.2, 0.25) is 0 Å². The van der Waals surface area contributed by atoms with Crippen molar-refractivity contribution in [2.24, 2.45) is 0 Å². The summed E-state index contributed by atoms with van der Waals surface area (Å²) >= 11 is 6.04. The zero-order valence-electron chi connectivity index (χ0n) is 9.61. The third-order valence-corrected chi connectivity index (χ3v) is 2.95. The minimum atomic E-state index is -0.713. The number of nitrogens with zero attached hydrogens (tertiary/aromatic N) is 3. The second kappa shape index (κ2) is 4.97. The zero-order valence-corrected chi connectivity index (χ0v) is 10.4. The highest BCUT2D eigenvalue weighted by molar-refractivity contribution is 6.52. The van der Waals surface area contributed by atoms with Crippen LogP contribution >= 0.6 is 11.6 Å². The van der Waals surface area contributed by atoms with Gasteiger partial charge in [0.15, 0.2) is 0 Å². The normalized spacial score (nSPS) is 12.4. The van der Waals surface area contributed by atoms with Crippen LogP contribution in [0.2, 0.25) is 5.02 Å². The van der Waals surface area contributed by atoms with Gasteiger partial charge >= 0.3 is 0 Å². The molecule has 0 atom stereocenters. The molecule has 0 fully saturated rings. The molecule has 1 amide bonds. The molecule has 0 radical (unpaired) electrons. The van der Waals surface area contributed by atoms with Crippen LogP contribution < -0.4 is 10.2 Å². The molecule has 19 heavy (non-hydrogen) atoms. The highest BCUT2D eigenvalue weighted by Gasteiger charge is 2.29. The number of carbonyl (C=O) groups is 2. The van der Waals surface area contributed by atoms with Gasteiger partial charge in [-0.25, -0.2) is 0 Å². The predicted octanol–water partition coefficient (Wildman–Crippen LogP) is 1.33. The molecule has 7 heteroatoms. The number of rotatable bonds is 3. The molecule has 6 nitrogen and oxygen atoms in total. The Bertz CT molecular complexity index is 641. The first-order valence-electron chi connectivity index (χ1n) is 5.26. The molecule has 0 saturated heterocycles. The standard InChI is InChI=1S/C12H7ClN4O2/c13-8-5-7-9(16-12(19)11(7)18)6-10(8)17(3-1-14)4-2-15/h5-6H,3-4H2,(H,16,18,19). The summed E-state index contributed by atoms with van der Waals surface area (Å²) in [6.45, 7) is -0.0398. The molecule has 0 aliphatic carbocycles. The molecule has 2 rings (SSSR count). The number of hydrogen-bond acceptors (Lipinski definition) is 5. The maximum Gasteiger partial charge on any atom is 0.296 e. The molecule has 1 aromatic rings. The number of halogens is 1. The molecular weight excluding hydrogens is 268 g/mol. The van der Waals surface area contributed by atoms with Gasteiger partial charge in [0.05, 0.1) is 34.1 Å². The van der Waals surface area contributed by atoms with Crippen molar-refractivity contribution < 1.29 is 9.59 Å². The lowest BCUT2D eigenvalue weighted by Gasteiger charge is -2.20. The van der Waals surface area contributed by atoms with Gasteiger partial charge in [-0.05, 0) is 12.1 Å². The van der Waals surface area contributed by atoms with Crippen LogP contribution in [0.5, 0.6) is 0 Å². The highest BCUT2D eigenvalue weighted by Crippen LogP contribution is 2.34. The second-order valence-corrected chi connectivity index (χ2v) is 4.21. The smallest absolute Gasteiger partial charge is 0.296 e. The number of anilines is 2. The van der Waals surface area contributed by atoms with E-state index in [9.17, 15) is 9.59 Å². The highest BCUT2D eigenvalue weighted by atomic mass is 35.5. The summed E-state index contributed by atoms with van der Waals surface area (Å²) in [5, 5.41) is 20.1. The van der Waals surface area contributed by atoms with Crippen molar-refractivity contribution in [1.82, 2.24) is 0 Å². The van der Waals surface area contributed by atoms with E-state index < -0.39 is 11.7 Å². The van der Waals surface area contributed by atoms with E-state index in [4.69, 9.17) is 22.1 Å². The molecule has 94 valence electrons. The summed E-state index contributed by atoms with van der Waals surface area (Å²) in [7, 11) is 0. The van der Waals surface area contributed by atoms with Crippen LogP contribution in [0, 0.1) is 22.7 Å². The fraction of sp³-hybridized carbons (Fsp3) is 0.167. The van der Waals surface area contributed by atoms with Gasteiger partial charge in [-0.15, -0.1) is 0 Å². The van der Waals surface area contributed by atoms with Crippen molar-refractivity contribution in [1.29, 1.82) is 10.5 Å². The number of amides is 1. The summed E-state index contributed by atoms with van der Waals surface area (Å²) in [6.07, 6.45) is 0. The average molecular weight is 275 g/mol. The van der Waals surface area contributed by atoms with Gasteiger partial charge in [0, 0.05) is 0 Å². The van der Waals surface area contributed by atoms with Crippen molar-refractivity contribution >= 4 is 34.7 Å². The van der Waals surface area contributed by atoms with Crippen LogP contribution in [-0.2, 0) is 4.79 Å². The number of Topliss-reactive ketones (excluding diaryl/α,β-unsaturated/α-hetero) is 1. The molecule has 0 aromatic heterocycles. The first kappa shape index (κ1) is 12.9. The van der Waals surface area contributed by atoms with Gasteiger partial charge < -0.3 is 10.2 Å². The molecule has 1 aromatic carbocycles. The lowest BCUT2D eigenvalue weighted by Crippen LogP contribution is -2.24. The Kier molecular flexibility index (Phi) is 3.37. The summed E-state index contributed by atoms with van der Waals surface area (Å²) in [4.78, 5) is 24.2. The van der Waals surface area contributed by atoms with Gasteiger partial charge in [0.25, 0.3) is 11.7 Å². The van der Waals surface area contributed by atoms with E-state index in [0.717, 1.165) is 0 Å². The maximum absolute atomic E-state index is 11.5. The quantitative estimate of drug-likeness (QED) is 0.662. The van der Waals surface area contributed by atoms with Gasteiger partial charge in [-0.2, -0.15) is 10.5 Å². The molecular formula is C12H7ClN4O2. The number of fused-ring (bicyclic) bond motifs is 1. The molecule has 1 heterocycles. The summed E-state index contributed by atoms with van der Waals surface area (Å²) in [5.74, 6) is -1.36. The Morgan fingerprint density at radius 1 is 1.21 bits per heavy atom. The minimum absolute atomic E-state index is 0.0199. The van der Waals surface area contributed by atoms with Crippen molar-refractivity contribution in [3.63, 3.8) is 0 Å². The fourth-order valence-electron chi connectivity index (χ4n) is 1.79. The van der Waals surface area contributed by atoms with Gasteiger partial charge in [0.1, 0.15) is 13.1 Å². The van der Waals surface area contributed by atoms with Crippen LogP contribution in [0.4, 0.5) is 11.4 Å². The largest absolute Gasteiger partial charge is 0.344 e. The Morgan fingerprint density at radius 3 is 2.42 bits per heavy atom. The molecule has 0 spiro atoms. The van der Waals surface area contributed by atoms with Gasteiger partial charge in [-0.1, -0.05) is 11.6 Å². The summed E-state index contributed by atoms with van der Waals surface area (Å²) < 4.78 is 0. The summed E-state index contributed by atoms with van der Waals surface area (Å²) in [6, 6.07) is 6.72.